The summed E-state index contributed by atoms with van der Waals surface area (Å²) < 4.78 is 9.75. The molecule has 0 aliphatic carbocycles. The van der Waals surface area contributed by atoms with Crippen LogP contribution in [0, 0.1) is 0 Å². The van der Waals surface area contributed by atoms with Crippen molar-refractivity contribution >= 4 is 17.8 Å². The molecule has 0 aromatic carbocycles. The van der Waals surface area contributed by atoms with Crippen molar-refractivity contribution in [1.29, 1.82) is 0 Å². The molecule has 0 saturated heterocycles. The number of esters is 1. The monoisotopic (exact) mass is 208 g/mol. The Kier molecular flexibility index (Phi) is 3.85. The topological polar surface area (TPSA) is 56.5 Å². The lowest BCUT2D eigenvalue weighted by Gasteiger charge is -2.02. The van der Waals surface area contributed by atoms with E-state index in [0.717, 1.165) is 0 Å². The smallest absolute Gasteiger partial charge is 0.341 e. The minimum atomic E-state index is -0.624. The Morgan fingerprint density at radius 3 is 2.73 bits per heavy atom. The van der Waals surface area contributed by atoms with E-state index in [9.17, 15) is 9.59 Å². The maximum atomic E-state index is 11.4. The lowest BCUT2D eigenvalue weighted by atomic mass is 10.1. The average molecular weight is 208 g/mol. The van der Waals surface area contributed by atoms with E-state index in [2.05, 4.69) is 0 Å². The van der Waals surface area contributed by atoms with Crippen molar-refractivity contribution < 1.29 is 18.7 Å². The summed E-state index contributed by atoms with van der Waals surface area (Å²) in [4.78, 5) is 22.5. The molecule has 1 aromatic heterocycles. The number of carbonyl (C=O) groups excluding carboxylic acids is 2. The largest absolute Gasteiger partial charge is 0.465 e. The first-order chi connectivity index (χ1) is 7.15. The maximum Gasteiger partial charge on any atom is 0.341 e. The number of Topliss-reactive ketones (excluding diaryl/α,β-unsaturated/α-hetero) is 1. The summed E-state index contributed by atoms with van der Waals surface area (Å²) in [5.74, 6) is -0.514. The summed E-state index contributed by atoms with van der Waals surface area (Å²) in [7, 11) is 0. The van der Waals surface area contributed by atoms with Gasteiger partial charge in [-0.2, -0.15) is 0 Å². The lowest BCUT2D eigenvalue weighted by molar-refractivity contribution is -0.139. The SMILES string of the molecule is CCOC(=O)/C(=C\c1ccco1)C(C)=O. The summed E-state index contributed by atoms with van der Waals surface area (Å²) in [6, 6.07) is 3.33. The highest BCUT2D eigenvalue weighted by atomic mass is 16.5. The van der Waals surface area contributed by atoms with Gasteiger partial charge in [0.1, 0.15) is 11.3 Å². The first kappa shape index (κ1) is 11.2. The molecular weight excluding hydrogens is 196 g/mol. The third-order valence-corrected chi connectivity index (χ3v) is 1.70. The summed E-state index contributed by atoms with van der Waals surface area (Å²) in [6.45, 7) is 3.23. The highest BCUT2D eigenvalue weighted by molar-refractivity contribution is 6.19. The van der Waals surface area contributed by atoms with Gasteiger partial charge >= 0.3 is 5.97 Å². The predicted molar refractivity (Wildman–Crippen MR) is 54.0 cm³/mol. The van der Waals surface area contributed by atoms with E-state index in [1.807, 2.05) is 0 Å². The van der Waals surface area contributed by atoms with E-state index in [0.29, 0.717) is 5.76 Å². The Morgan fingerprint density at radius 1 is 1.53 bits per heavy atom. The van der Waals surface area contributed by atoms with Crippen molar-refractivity contribution in [1.82, 2.24) is 0 Å². The van der Waals surface area contributed by atoms with Crippen molar-refractivity contribution in [3.63, 3.8) is 0 Å². The Balaban J connectivity index is 2.92. The van der Waals surface area contributed by atoms with E-state index in [1.54, 1.807) is 19.1 Å². The molecule has 1 rings (SSSR count). The van der Waals surface area contributed by atoms with Crippen LogP contribution in [0.1, 0.15) is 19.6 Å². The highest BCUT2D eigenvalue weighted by Crippen LogP contribution is 2.09. The van der Waals surface area contributed by atoms with Gasteiger partial charge in [0.2, 0.25) is 0 Å². The second-order valence-electron chi connectivity index (χ2n) is 2.85. The van der Waals surface area contributed by atoms with Crippen LogP contribution >= 0.6 is 0 Å². The molecule has 15 heavy (non-hydrogen) atoms. The van der Waals surface area contributed by atoms with E-state index in [4.69, 9.17) is 9.15 Å². The maximum absolute atomic E-state index is 11.4. The van der Waals surface area contributed by atoms with Gasteiger partial charge in [-0.3, -0.25) is 4.79 Å². The Morgan fingerprint density at radius 2 is 2.27 bits per heavy atom. The van der Waals surface area contributed by atoms with E-state index < -0.39 is 5.97 Å². The molecule has 0 spiro atoms. The molecule has 0 aliphatic heterocycles. The van der Waals surface area contributed by atoms with Gasteiger partial charge < -0.3 is 9.15 Å². The second-order valence-corrected chi connectivity index (χ2v) is 2.85. The molecule has 0 unspecified atom stereocenters. The molecule has 80 valence electrons. The quantitative estimate of drug-likeness (QED) is 0.328. The van der Waals surface area contributed by atoms with Gasteiger partial charge in [-0.05, 0) is 32.1 Å². The van der Waals surface area contributed by atoms with Gasteiger partial charge in [0.25, 0.3) is 0 Å². The predicted octanol–water partition coefficient (Wildman–Crippen LogP) is 1.82. The highest BCUT2D eigenvalue weighted by Gasteiger charge is 2.15. The van der Waals surface area contributed by atoms with Gasteiger partial charge in [-0.15, -0.1) is 0 Å². The van der Waals surface area contributed by atoms with Crippen LogP contribution in [0.5, 0.6) is 0 Å². The fourth-order valence-corrected chi connectivity index (χ4v) is 1.03. The molecule has 4 nitrogen and oxygen atoms in total. The summed E-state index contributed by atoms with van der Waals surface area (Å²) >= 11 is 0. The Hall–Kier alpha value is -1.84. The molecule has 0 atom stereocenters. The van der Waals surface area contributed by atoms with Crippen molar-refractivity contribution in [2.45, 2.75) is 13.8 Å². The van der Waals surface area contributed by atoms with Crippen molar-refractivity contribution in [2.75, 3.05) is 6.61 Å². The fraction of sp³-hybridized carbons (Fsp3) is 0.273. The van der Waals surface area contributed by atoms with Gasteiger partial charge in [-0.25, -0.2) is 4.79 Å². The van der Waals surface area contributed by atoms with Crippen LogP contribution in [0.15, 0.2) is 28.4 Å². The molecule has 1 heterocycles. The van der Waals surface area contributed by atoms with Crippen LogP contribution in [0.3, 0.4) is 0 Å². The van der Waals surface area contributed by atoms with Crippen molar-refractivity contribution in [3.8, 4) is 0 Å². The van der Waals surface area contributed by atoms with Crippen LogP contribution < -0.4 is 0 Å². The average Bonchev–Trinajstić information content (AvgIpc) is 2.66. The summed E-state index contributed by atoms with van der Waals surface area (Å²) in [5.41, 5.74) is -0.00759. The molecule has 0 amide bonds. The molecule has 0 saturated carbocycles. The number of rotatable bonds is 4. The van der Waals surface area contributed by atoms with Crippen LogP contribution in [-0.2, 0) is 14.3 Å². The van der Waals surface area contributed by atoms with Crippen molar-refractivity contribution in [3.05, 3.63) is 29.7 Å². The number of ether oxygens (including phenoxy) is 1. The number of hydrogen-bond acceptors (Lipinski definition) is 4. The van der Waals surface area contributed by atoms with Gasteiger partial charge in [0, 0.05) is 0 Å². The normalized spacial score (nSPS) is 11.2. The number of carbonyl (C=O) groups is 2. The van der Waals surface area contributed by atoms with E-state index >= 15 is 0 Å². The zero-order valence-corrected chi connectivity index (χ0v) is 8.65. The fourth-order valence-electron chi connectivity index (χ4n) is 1.03. The van der Waals surface area contributed by atoms with Crippen molar-refractivity contribution in [2.24, 2.45) is 0 Å². The second kappa shape index (κ2) is 5.14. The Bertz CT molecular complexity index is 373. The molecule has 0 radical (unpaired) electrons. The van der Waals surface area contributed by atoms with Gasteiger partial charge in [-0.1, -0.05) is 0 Å². The number of hydrogen-bond donors (Lipinski definition) is 0. The first-order valence-electron chi connectivity index (χ1n) is 4.58. The zero-order valence-electron chi connectivity index (χ0n) is 8.65. The molecule has 4 heteroatoms. The van der Waals surface area contributed by atoms with Gasteiger partial charge in [0.15, 0.2) is 5.78 Å². The molecule has 1 aromatic rings. The molecule has 0 N–H and O–H groups in total. The third kappa shape index (κ3) is 3.09. The molecular formula is C11H12O4. The van der Waals surface area contributed by atoms with E-state index in [-0.39, 0.29) is 18.0 Å². The summed E-state index contributed by atoms with van der Waals surface area (Å²) in [6.07, 6.45) is 2.84. The molecule has 0 fully saturated rings. The Labute approximate surface area is 87.5 Å². The number of ketones is 1. The number of furan rings is 1. The minimum absolute atomic E-state index is 0.00759. The van der Waals surface area contributed by atoms with Crippen LogP contribution in [0.2, 0.25) is 0 Å². The third-order valence-electron chi connectivity index (χ3n) is 1.70. The lowest BCUT2D eigenvalue weighted by Crippen LogP contribution is -2.13. The minimum Gasteiger partial charge on any atom is -0.465 e. The zero-order chi connectivity index (χ0) is 11.3. The summed E-state index contributed by atoms with van der Waals surface area (Å²) in [5, 5.41) is 0. The molecule has 0 aliphatic rings. The first-order valence-corrected chi connectivity index (χ1v) is 4.58. The van der Waals surface area contributed by atoms with Crippen LogP contribution in [0.25, 0.3) is 6.08 Å². The van der Waals surface area contributed by atoms with E-state index in [1.165, 1.54) is 19.3 Å². The van der Waals surface area contributed by atoms with Crippen LogP contribution in [-0.4, -0.2) is 18.4 Å². The molecule has 0 bridgehead atoms. The van der Waals surface area contributed by atoms with Crippen LogP contribution in [0.4, 0.5) is 0 Å². The standard InChI is InChI=1S/C11H12O4/c1-3-14-11(13)10(8(2)12)7-9-5-4-6-15-9/h4-7H,3H2,1-2H3/b10-7-. The van der Waals surface area contributed by atoms with Gasteiger partial charge in [0.05, 0.1) is 12.9 Å².